The van der Waals surface area contributed by atoms with Crippen molar-refractivity contribution in [2.24, 2.45) is 7.05 Å². The maximum atomic E-state index is 13.0. The second-order valence-electron chi connectivity index (χ2n) is 7.81. The second kappa shape index (κ2) is 10.7. The Hall–Kier alpha value is -2.68. The Kier molecular flexibility index (Phi) is 7.70. The summed E-state index contributed by atoms with van der Waals surface area (Å²) >= 11 is 13.2. The predicted molar refractivity (Wildman–Crippen MR) is 136 cm³/mol. The molecule has 0 saturated carbocycles. The molecule has 6 nitrogen and oxygen atoms in total. The number of carbonyl (C=O) groups excluding carboxylic acids is 1. The van der Waals surface area contributed by atoms with E-state index in [2.05, 4.69) is 5.32 Å². The molecule has 2 heterocycles. The number of benzene rings is 2. The minimum atomic E-state index is -0.784. The van der Waals surface area contributed by atoms with Crippen LogP contribution in [0, 0.1) is 0 Å². The van der Waals surface area contributed by atoms with Gasteiger partial charge in [-0.25, -0.2) is 0 Å². The molecule has 9 heteroatoms. The number of aliphatic hydroxyl groups is 1. The van der Waals surface area contributed by atoms with Crippen molar-refractivity contribution in [1.82, 2.24) is 9.88 Å². The molecule has 0 bridgehead atoms. The normalized spacial score (nSPS) is 12.1. The van der Waals surface area contributed by atoms with Crippen LogP contribution in [0.25, 0.3) is 10.2 Å². The highest BCUT2D eigenvalue weighted by Crippen LogP contribution is 2.25. The molecule has 4 rings (SSSR count). The van der Waals surface area contributed by atoms with E-state index in [1.165, 1.54) is 11.3 Å². The summed E-state index contributed by atoms with van der Waals surface area (Å²) in [5.74, 6) is -0.437. The highest BCUT2D eigenvalue weighted by molar-refractivity contribution is 7.18. The summed E-state index contributed by atoms with van der Waals surface area (Å²) < 4.78 is 7.45. The van der Waals surface area contributed by atoms with Crippen LogP contribution < -0.4 is 10.7 Å². The quantitative estimate of drug-likeness (QED) is 0.342. The van der Waals surface area contributed by atoms with Crippen LogP contribution in [0.3, 0.4) is 0 Å². The van der Waals surface area contributed by atoms with Gasteiger partial charge >= 0.3 is 0 Å². The number of nitrogens with zero attached hydrogens (tertiary/aromatic N) is 1. The zero-order valence-corrected chi connectivity index (χ0v) is 20.6. The summed E-state index contributed by atoms with van der Waals surface area (Å²) in [5, 5.41) is 14.8. The Morgan fingerprint density at radius 2 is 1.76 bits per heavy atom. The lowest BCUT2D eigenvalue weighted by Gasteiger charge is -2.11. The number of aliphatic hydroxyl groups excluding tert-OH is 1. The molecule has 1 atom stereocenters. The largest absolute Gasteiger partial charge is 0.386 e. The fourth-order valence-corrected chi connectivity index (χ4v) is 4.75. The van der Waals surface area contributed by atoms with Gasteiger partial charge in [0.25, 0.3) is 5.91 Å². The highest BCUT2D eigenvalue weighted by atomic mass is 35.5. The fraction of sp³-hybridized carbons (Fsp3) is 0.200. The van der Waals surface area contributed by atoms with Crippen molar-refractivity contribution in [2.45, 2.75) is 19.3 Å². The lowest BCUT2D eigenvalue weighted by molar-refractivity contribution is 0.0287. The molecule has 176 valence electrons. The van der Waals surface area contributed by atoms with Crippen LogP contribution in [-0.2, 0) is 24.9 Å². The Labute approximate surface area is 210 Å². The number of thiophene rings is 1. The second-order valence-corrected chi connectivity index (χ2v) is 9.79. The lowest BCUT2D eigenvalue weighted by atomic mass is 10.1. The number of amides is 1. The molecular weight excluding hydrogens is 495 g/mol. The van der Waals surface area contributed by atoms with Crippen LogP contribution in [0.2, 0.25) is 10.0 Å². The zero-order chi connectivity index (χ0) is 24.2. The third kappa shape index (κ3) is 5.68. The molecule has 34 heavy (non-hydrogen) atoms. The average Bonchev–Trinajstić information content (AvgIpc) is 3.26. The summed E-state index contributed by atoms with van der Waals surface area (Å²) in [4.78, 5) is 27.3. The van der Waals surface area contributed by atoms with Gasteiger partial charge in [-0.15, -0.1) is 11.3 Å². The van der Waals surface area contributed by atoms with Gasteiger partial charge in [0.05, 0.1) is 18.6 Å². The van der Waals surface area contributed by atoms with Crippen molar-refractivity contribution >= 4 is 50.7 Å². The van der Waals surface area contributed by atoms with E-state index in [0.717, 1.165) is 15.3 Å². The molecule has 0 unspecified atom stereocenters. The summed E-state index contributed by atoms with van der Waals surface area (Å²) in [5.41, 5.74) is 1.34. The number of carbonyl (C=O) groups is 1. The maximum absolute atomic E-state index is 13.0. The molecule has 0 spiro atoms. The van der Waals surface area contributed by atoms with Gasteiger partial charge in [-0.3, -0.25) is 9.59 Å². The number of rotatable bonds is 8. The monoisotopic (exact) mass is 516 g/mol. The average molecular weight is 517 g/mol. The molecule has 2 N–H and O–H groups in total. The van der Waals surface area contributed by atoms with Gasteiger partial charge in [-0.05, 0) is 41.5 Å². The van der Waals surface area contributed by atoms with Gasteiger partial charge in [0.1, 0.15) is 16.5 Å². The van der Waals surface area contributed by atoms with Gasteiger partial charge in [0.15, 0.2) is 0 Å². The van der Waals surface area contributed by atoms with E-state index in [4.69, 9.17) is 27.9 Å². The first-order valence-electron chi connectivity index (χ1n) is 10.5. The number of hydrogen-bond donors (Lipinski definition) is 2. The van der Waals surface area contributed by atoms with E-state index < -0.39 is 12.0 Å². The van der Waals surface area contributed by atoms with Crippen molar-refractivity contribution in [3.63, 3.8) is 0 Å². The summed E-state index contributed by atoms with van der Waals surface area (Å²) in [7, 11) is 1.79. The van der Waals surface area contributed by atoms with E-state index in [0.29, 0.717) is 21.0 Å². The minimum absolute atomic E-state index is 0.0763. The fourth-order valence-electron chi connectivity index (χ4n) is 3.48. The van der Waals surface area contributed by atoms with Gasteiger partial charge in [0, 0.05) is 34.7 Å². The van der Waals surface area contributed by atoms with Gasteiger partial charge in [-0.1, -0.05) is 47.5 Å². The smallest absolute Gasteiger partial charge is 0.257 e. The van der Waals surface area contributed by atoms with Crippen molar-refractivity contribution < 1.29 is 14.6 Å². The SMILES string of the molecule is Cn1cc(C(=O)NCc2ccc(Cl)cc2)c(=O)c2cc(COC[C@H](O)c3ccc(Cl)cc3)sc21. The summed E-state index contributed by atoms with van der Waals surface area (Å²) in [6.45, 7) is 0.627. The lowest BCUT2D eigenvalue weighted by Crippen LogP contribution is -2.29. The molecule has 4 aromatic rings. The topological polar surface area (TPSA) is 80.6 Å². The van der Waals surface area contributed by atoms with E-state index in [-0.39, 0.29) is 30.8 Å². The molecule has 0 aliphatic rings. The van der Waals surface area contributed by atoms with Crippen LogP contribution in [0.15, 0.2) is 65.6 Å². The number of hydrogen-bond acceptors (Lipinski definition) is 5. The standard InChI is InChI=1S/C25H22Cl2N2O4S/c1-29-12-21(24(32)28-11-15-2-6-17(26)7-3-15)23(31)20-10-19(34-25(20)29)13-33-14-22(30)16-4-8-18(27)9-5-16/h2-10,12,22,30H,11,13-14H2,1H3,(H,28,32)/t22-/m0/s1. The number of aryl methyl sites for hydroxylation is 1. The van der Waals surface area contributed by atoms with Crippen LogP contribution >= 0.6 is 34.5 Å². The highest BCUT2D eigenvalue weighted by Gasteiger charge is 2.17. The van der Waals surface area contributed by atoms with Crippen molar-refractivity contribution in [1.29, 1.82) is 0 Å². The maximum Gasteiger partial charge on any atom is 0.257 e. The minimum Gasteiger partial charge on any atom is -0.386 e. The zero-order valence-electron chi connectivity index (χ0n) is 18.3. The third-order valence-electron chi connectivity index (χ3n) is 5.28. The molecular formula is C25H22Cl2N2O4S. The molecule has 0 aliphatic heterocycles. The molecule has 0 fully saturated rings. The number of aromatic nitrogens is 1. The number of ether oxygens (including phenoxy) is 1. The molecule has 2 aromatic heterocycles. The van der Waals surface area contributed by atoms with Crippen molar-refractivity contribution in [3.05, 3.63) is 103 Å². The third-order valence-corrected chi connectivity index (χ3v) is 6.98. The first-order valence-corrected chi connectivity index (χ1v) is 12.0. The summed E-state index contributed by atoms with van der Waals surface area (Å²) in [6, 6.07) is 15.8. The van der Waals surface area contributed by atoms with Crippen molar-refractivity contribution in [2.75, 3.05) is 6.61 Å². The summed E-state index contributed by atoms with van der Waals surface area (Å²) in [6.07, 6.45) is 0.765. The molecule has 0 saturated heterocycles. The molecule has 0 aliphatic carbocycles. The first kappa shape index (κ1) is 24.4. The van der Waals surface area contributed by atoms with Gasteiger partial charge in [-0.2, -0.15) is 0 Å². The van der Waals surface area contributed by atoms with E-state index in [1.54, 1.807) is 60.3 Å². The first-order chi connectivity index (χ1) is 16.3. The molecule has 0 radical (unpaired) electrons. The Morgan fingerprint density at radius 3 is 2.44 bits per heavy atom. The van der Waals surface area contributed by atoms with Crippen molar-refractivity contribution in [3.8, 4) is 0 Å². The van der Waals surface area contributed by atoms with E-state index in [1.807, 2.05) is 12.1 Å². The van der Waals surface area contributed by atoms with Crippen LogP contribution in [0.5, 0.6) is 0 Å². The van der Waals surface area contributed by atoms with E-state index >= 15 is 0 Å². The van der Waals surface area contributed by atoms with Crippen LogP contribution in [0.1, 0.15) is 32.5 Å². The van der Waals surface area contributed by atoms with Crippen LogP contribution in [-0.4, -0.2) is 22.2 Å². The Morgan fingerprint density at radius 1 is 1.12 bits per heavy atom. The molecule has 2 aromatic carbocycles. The van der Waals surface area contributed by atoms with Crippen LogP contribution in [0.4, 0.5) is 0 Å². The number of halogens is 2. The molecule has 1 amide bonds. The van der Waals surface area contributed by atoms with Gasteiger partial charge < -0.3 is 19.7 Å². The Balaban J connectivity index is 1.43. The number of fused-ring (bicyclic) bond motifs is 1. The Bertz CT molecular complexity index is 1360. The number of nitrogens with one attached hydrogen (secondary N) is 1. The number of pyridine rings is 1. The van der Waals surface area contributed by atoms with Gasteiger partial charge in [0.2, 0.25) is 5.43 Å². The van der Waals surface area contributed by atoms with E-state index in [9.17, 15) is 14.7 Å². The predicted octanol–water partition coefficient (Wildman–Crippen LogP) is 5.09.